The van der Waals surface area contributed by atoms with Crippen LogP contribution in [0.4, 0.5) is 0 Å². The molecule has 3 atom stereocenters. The molecule has 0 saturated heterocycles. The number of hydrogen-bond donors (Lipinski definition) is 2. The standard InChI is InChI=1S/C19H40N2/c1-3-4-5-6-7-8-9-10-11-12-13-19(21-20)18-15-14-17(2)16-18/h17-19,21H,3-16,20H2,1-2H3. The lowest BCUT2D eigenvalue weighted by Crippen LogP contribution is -2.40. The normalized spacial score (nSPS) is 23.6. The second-order valence-corrected chi connectivity index (χ2v) is 7.42. The van der Waals surface area contributed by atoms with E-state index < -0.39 is 0 Å². The fourth-order valence-electron chi connectivity index (χ4n) is 3.92. The lowest BCUT2D eigenvalue weighted by atomic mass is 9.92. The number of nitrogens with two attached hydrogens (primary N) is 1. The molecule has 0 bridgehead atoms. The van der Waals surface area contributed by atoms with Crippen LogP contribution < -0.4 is 11.3 Å². The van der Waals surface area contributed by atoms with Gasteiger partial charge < -0.3 is 0 Å². The smallest absolute Gasteiger partial charge is 0.0238 e. The van der Waals surface area contributed by atoms with Gasteiger partial charge in [-0.2, -0.15) is 0 Å². The van der Waals surface area contributed by atoms with Crippen LogP contribution >= 0.6 is 0 Å². The van der Waals surface area contributed by atoms with Gasteiger partial charge in [-0.3, -0.25) is 11.3 Å². The van der Waals surface area contributed by atoms with E-state index in [0.29, 0.717) is 6.04 Å². The van der Waals surface area contributed by atoms with Crippen molar-refractivity contribution in [1.82, 2.24) is 5.43 Å². The first-order valence-electron chi connectivity index (χ1n) is 9.74. The lowest BCUT2D eigenvalue weighted by molar-refractivity contribution is 0.327. The molecule has 0 spiro atoms. The molecule has 1 saturated carbocycles. The molecular weight excluding hydrogens is 256 g/mol. The quantitative estimate of drug-likeness (QED) is 0.265. The predicted molar refractivity (Wildman–Crippen MR) is 94.1 cm³/mol. The van der Waals surface area contributed by atoms with Gasteiger partial charge in [0.25, 0.3) is 0 Å². The van der Waals surface area contributed by atoms with Gasteiger partial charge in [-0.05, 0) is 31.1 Å². The van der Waals surface area contributed by atoms with Crippen LogP contribution in [0.1, 0.15) is 104 Å². The van der Waals surface area contributed by atoms with Crippen LogP contribution in [-0.2, 0) is 0 Å². The van der Waals surface area contributed by atoms with Crippen LogP contribution in [0.2, 0.25) is 0 Å². The highest BCUT2D eigenvalue weighted by Gasteiger charge is 2.27. The highest BCUT2D eigenvalue weighted by Crippen LogP contribution is 2.33. The van der Waals surface area contributed by atoms with Crippen molar-refractivity contribution < 1.29 is 0 Å². The van der Waals surface area contributed by atoms with E-state index in [-0.39, 0.29) is 0 Å². The van der Waals surface area contributed by atoms with E-state index in [1.807, 2.05) is 0 Å². The fraction of sp³-hybridized carbons (Fsp3) is 1.00. The Hall–Kier alpha value is -0.0800. The summed E-state index contributed by atoms with van der Waals surface area (Å²) in [4.78, 5) is 0. The van der Waals surface area contributed by atoms with E-state index in [2.05, 4.69) is 19.3 Å². The van der Waals surface area contributed by atoms with E-state index >= 15 is 0 Å². The third kappa shape index (κ3) is 8.83. The fourth-order valence-corrected chi connectivity index (χ4v) is 3.92. The highest BCUT2D eigenvalue weighted by atomic mass is 15.2. The molecule has 1 fully saturated rings. The average Bonchev–Trinajstić information content (AvgIpc) is 2.91. The Morgan fingerprint density at radius 1 is 0.905 bits per heavy atom. The molecule has 126 valence electrons. The van der Waals surface area contributed by atoms with Gasteiger partial charge in [0, 0.05) is 6.04 Å². The second-order valence-electron chi connectivity index (χ2n) is 7.42. The molecule has 2 heteroatoms. The van der Waals surface area contributed by atoms with E-state index in [1.54, 1.807) is 0 Å². The Labute approximate surface area is 133 Å². The van der Waals surface area contributed by atoms with E-state index in [9.17, 15) is 0 Å². The van der Waals surface area contributed by atoms with Crippen molar-refractivity contribution >= 4 is 0 Å². The topological polar surface area (TPSA) is 38.0 Å². The number of hydrazine groups is 1. The zero-order valence-corrected chi connectivity index (χ0v) is 14.7. The van der Waals surface area contributed by atoms with Crippen molar-refractivity contribution in [2.45, 2.75) is 110 Å². The molecule has 1 rings (SSSR count). The molecular formula is C19H40N2. The van der Waals surface area contributed by atoms with Crippen molar-refractivity contribution in [1.29, 1.82) is 0 Å². The van der Waals surface area contributed by atoms with Crippen LogP contribution in [0.5, 0.6) is 0 Å². The van der Waals surface area contributed by atoms with Crippen LogP contribution in [0.25, 0.3) is 0 Å². The first-order valence-corrected chi connectivity index (χ1v) is 9.74. The van der Waals surface area contributed by atoms with Crippen LogP contribution in [0, 0.1) is 11.8 Å². The summed E-state index contributed by atoms with van der Waals surface area (Å²) >= 11 is 0. The van der Waals surface area contributed by atoms with Gasteiger partial charge >= 0.3 is 0 Å². The summed E-state index contributed by atoms with van der Waals surface area (Å²) < 4.78 is 0. The monoisotopic (exact) mass is 296 g/mol. The Bertz CT molecular complexity index is 230. The maximum absolute atomic E-state index is 5.77. The number of rotatable bonds is 13. The first kappa shape index (κ1) is 19.0. The molecule has 3 unspecified atom stereocenters. The van der Waals surface area contributed by atoms with Crippen LogP contribution in [0.3, 0.4) is 0 Å². The van der Waals surface area contributed by atoms with Gasteiger partial charge in [-0.1, -0.05) is 84.5 Å². The molecule has 0 aromatic heterocycles. The van der Waals surface area contributed by atoms with E-state index in [4.69, 9.17) is 5.84 Å². The minimum Gasteiger partial charge on any atom is -0.271 e. The third-order valence-corrected chi connectivity index (χ3v) is 5.39. The number of unbranched alkanes of at least 4 members (excludes halogenated alkanes) is 9. The van der Waals surface area contributed by atoms with Crippen LogP contribution in [0.15, 0.2) is 0 Å². The second kappa shape index (κ2) is 12.5. The number of hydrogen-bond acceptors (Lipinski definition) is 2. The molecule has 1 aliphatic carbocycles. The van der Waals surface area contributed by atoms with Gasteiger partial charge in [-0.25, -0.2) is 0 Å². The van der Waals surface area contributed by atoms with Crippen LogP contribution in [-0.4, -0.2) is 6.04 Å². The summed E-state index contributed by atoms with van der Waals surface area (Å²) in [5.74, 6) is 7.52. The minimum absolute atomic E-state index is 0.573. The summed E-state index contributed by atoms with van der Waals surface area (Å²) in [5, 5.41) is 0. The molecule has 0 heterocycles. The number of nitrogens with one attached hydrogen (secondary N) is 1. The van der Waals surface area contributed by atoms with Gasteiger partial charge in [0.05, 0.1) is 0 Å². The largest absolute Gasteiger partial charge is 0.271 e. The zero-order valence-electron chi connectivity index (χ0n) is 14.7. The summed E-state index contributed by atoms with van der Waals surface area (Å²) in [6, 6.07) is 0.573. The lowest BCUT2D eigenvalue weighted by Gasteiger charge is -2.22. The molecule has 0 aromatic carbocycles. The molecule has 2 nitrogen and oxygen atoms in total. The Morgan fingerprint density at radius 2 is 1.48 bits per heavy atom. The summed E-state index contributed by atoms with van der Waals surface area (Å²) in [7, 11) is 0. The molecule has 3 N–H and O–H groups in total. The molecule has 0 aromatic rings. The average molecular weight is 297 g/mol. The van der Waals surface area contributed by atoms with E-state index in [1.165, 1.54) is 89.9 Å². The van der Waals surface area contributed by atoms with Crippen molar-refractivity contribution in [3.8, 4) is 0 Å². The van der Waals surface area contributed by atoms with Gasteiger partial charge in [0.15, 0.2) is 0 Å². The van der Waals surface area contributed by atoms with Crippen molar-refractivity contribution in [3.05, 3.63) is 0 Å². The molecule has 0 radical (unpaired) electrons. The van der Waals surface area contributed by atoms with Crippen molar-refractivity contribution in [2.75, 3.05) is 0 Å². The maximum atomic E-state index is 5.77. The van der Waals surface area contributed by atoms with E-state index in [0.717, 1.165) is 11.8 Å². The highest BCUT2D eigenvalue weighted by molar-refractivity contribution is 4.82. The predicted octanol–water partition coefficient (Wildman–Crippen LogP) is 5.57. The van der Waals surface area contributed by atoms with Crippen molar-refractivity contribution in [3.63, 3.8) is 0 Å². The minimum atomic E-state index is 0.573. The first-order chi connectivity index (χ1) is 10.3. The summed E-state index contributed by atoms with van der Waals surface area (Å²) in [5.41, 5.74) is 3.10. The molecule has 0 aliphatic heterocycles. The van der Waals surface area contributed by atoms with Crippen molar-refractivity contribution in [2.24, 2.45) is 17.7 Å². The Kier molecular flexibility index (Phi) is 11.3. The Balaban J connectivity index is 1.90. The Morgan fingerprint density at radius 3 is 1.95 bits per heavy atom. The van der Waals surface area contributed by atoms with Gasteiger partial charge in [-0.15, -0.1) is 0 Å². The zero-order chi connectivity index (χ0) is 15.3. The summed E-state index contributed by atoms with van der Waals surface area (Å²) in [6.07, 6.45) is 19.6. The summed E-state index contributed by atoms with van der Waals surface area (Å²) in [6.45, 7) is 4.67. The molecule has 1 aliphatic rings. The third-order valence-electron chi connectivity index (χ3n) is 5.39. The molecule has 0 amide bonds. The maximum Gasteiger partial charge on any atom is 0.0238 e. The van der Waals surface area contributed by atoms with Gasteiger partial charge in [0.1, 0.15) is 0 Å². The van der Waals surface area contributed by atoms with Gasteiger partial charge in [0.2, 0.25) is 0 Å². The molecule has 21 heavy (non-hydrogen) atoms. The SMILES string of the molecule is CCCCCCCCCCCCC(NN)C1CCC(C)C1.